The van der Waals surface area contributed by atoms with Crippen LogP contribution in [0.3, 0.4) is 0 Å². The summed E-state index contributed by atoms with van der Waals surface area (Å²) < 4.78 is 5.39. The van der Waals surface area contributed by atoms with Gasteiger partial charge in [-0.15, -0.1) is 0 Å². The largest absolute Gasteiger partial charge is 0.378 e. The molecule has 0 amide bonds. The van der Waals surface area contributed by atoms with Crippen molar-refractivity contribution < 1.29 is 9.53 Å². The van der Waals surface area contributed by atoms with E-state index in [1.165, 1.54) is 0 Å². The summed E-state index contributed by atoms with van der Waals surface area (Å²) in [6.45, 7) is 3.00. The first-order chi connectivity index (χ1) is 15.2. The van der Waals surface area contributed by atoms with Crippen LogP contribution in [0.2, 0.25) is 0 Å². The van der Waals surface area contributed by atoms with E-state index in [-0.39, 0.29) is 17.7 Å². The molecule has 2 aromatic heterocycles. The van der Waals surface area contributed by atoms with Crippen molar-refractivity contribution in [2.75, 3.05) is 36.5 Å². The number of nitrogens with two attached hydrogens (primary N) is 1. The highest BCUT2D eigenvalue weighted by atomic mass is 16.5. The van der Waals surface area contributed by atoms with Crippen molar-refractivity contribution >= 4 is 34.4 Å². The van der Waals surface area contributed by atoms with Crippen LogP contribution in [-0.2, 0) is 4.74 Å². The first-order valence-corrected chi connectivity index (χ1v) is 10.9. The normalized spacial score (nSPS) is 21.9. The van der Waals surface area contributed by atoms with Crippen molar-refractivity contribution in [2.24, 2.45) is 11.7 Å². The lowest BCUT2D eigenvalue weighted by molar-refractivity contribution is 0.0886. The van der Waals surface area contributed by atoms with Gasteiger partial charge in [-0.05, 0) is 31.7 Å². The number of aromatic nitrogens is 4. The second-order valence-corrected chi connectivity index (χ2v) is 8.26. The number of Topliss-reactive ketones (excluding diaryl/α,β-unsaturated/α-hetero) is 1. The highest BCUT2D eigenvalue weighted by Crippen LogP contribution is 2.29. The highest BCUT2D eigenvalue weighted by molar-refractivity contribution is 6.07. The van der Waals surface area contributed by atoms with Crippen LogP contribution in [0.25, 0.3) is 10.9 Å². The summed E-state index contributed by atoms with van der Waals surface area (Å²) >= 11 is 0. The summed E-state index contributed by atoms with van der Waals surface area (Å²) in [7, 11) is 0. The van der Waals surface area contributed by atoms with E-state index in [1.807, 2.05) is 18.2 Å². The Morgan fingerprint density at radius 2 is 1.94 bits per heavy atom. The third-order valence-corrected chi connectivity index (χ3v) is 6.14. The molecule has 0 atom stereocenters. The fraction of sp³-hybridized carbons (Fsp3) is 0.455. The number of morpholine rings is 1. The summed E-state index contributed by atoms with van der Waals surface area (Å²) in [5.41, 5.74) is 7.34. The number of rotatable bonds is 5. The predicted molar refractivity (Wildman–Crippen MR) is 119 cm³/mol. The maximum absolute atomic E-state index is 13.2. The highest BCUT2D eigenvalue weighted by Gasteiger charge is 2.27. The Kier molecular flexibility index (Phi) is 5.52. The van der Waals surface area contributed by atoms with Crippen LogP contribution >= 0.6 is 0 Å². The molecule has 1 aromatic carbocycles. The molecule has 0 spiro atoms. The Bertz CT molecular complexity index is 1070. The third-order valence-electron chi connectivity index (χ3n) is 6.14. The molecule has 0 radical (unpaired) electrons. The monoisotopic (exact) mass is 421 g/mol. The van der Waals surface area contributed by atoms with E-state index < -0.39 is 0 Å². The van der Waals surface area contributed by atoms with Crippen LogP contribution in [0.4, 0.5) is 17.7 Å². The van der Waals surface area contributed by atoms with Crippen LogP contribution in [0, 0.1) is 5.92 Å². The number of anilines is 3. The molecule has 1 saturated heterocycles. The van der Waals surface area contributed by atoms with Crippen molar-refractivity contribution in [3.05, 3.63) is 36.2 Å². The molecule has 5 rings (SSSR count). The third kappa shape index (κ3) is 4.24. The van der Waals surface area contributed by atoms with Gasteiger partial charge in [-0.25, -0.2) is 15.0 Å². The average molecular weight is 422 g/mol. The van der Waals surface area contributed by atoms with Gasteiger partial charge in [0.2, 0.25) is 11.9 Å². The van der Waals surface area contributed by atoms with Crippen molar-refractivity contribution in [3.8, 4) is 0 Å². The molecular formula is C22H27N7O2. The van der Waals surface area contributed by atoms with Crippen LogP contribution in [0.5, 0.6) is 0 Å². The molecule has 2 aliphatic rings. The Hall–Kier alpha value is -3.04. The van der Waals surface area contributed by atoms with Gasteiger partial charge in [0, 0.05) is 42.2 Å². The number of fused-ring (bicyclic) bond motifs is 1. The number of benzene rings is 1. The van der Waals surface area contributed by atoms with E-state index in [2.05, 4.69) is 30.2 Å². The SMILES string of the molecule is NC1CCC(C(=O)c2cccc3cnc(Nc4cnc(N5CCOCC5)[nH]4)nc23)CC1. The number of hydrogen-bond donors (Lipinski definition) is 3. The zero-order valence-electron chi connectivity index (χ0n) is 17.4. The second-order valence-electron chi connectivity index (χ2n) is 8.26. The van der Waals surface area contributed by atoms with Crippen LogP contribution in [0.15, 0.2) is 30.6 Å². The lowest BCUT2D eigenvalue weighted by atomic mass is 9.81. The van der Waals surface area contributed by atoms with Crippen molar-refractivity contribution in [2.45, 2.75) is 31.7 Å². The van der Waals surface area contributed by atoms with Crippen molar-refractivity contribution in [3.63, 3.8) is 0 Å². The number of H-pyrrole nitrogens is 1. The number of imidazole rings is 1. The molecule has 9 heteroatoms. The second kappa shape index (κ2) is 8.60. The number of hydrogen-bond acceptors (Lipinski definition) is 8. The Morgan fingerprint density at radius 3 is 2.74 bits per heavy atom. The van der Waals surface area contributed by atoms with E-state index in [0.29, 0.717) is 36.1 Å². The standard InChI is InChI=1S/C22H27N7O2/c23-16-6-4-14(5-7-16)20(30)17-3-1-2-15-12-24-21(28-19(15)17)26-18-13-25-22(27-18)29-8-10-31-11-9-29/h1-3,12-14,16H,4-11,23H2,(H,25,27)(H,24,26,28). The van der Waals surface area contributed by atoms with Gasteiger partial charge in [0.1, 0.15) is 5.82 Å². The van der Waals surface area contributed by atoms with Gasteiger partial charge in [-0.2, -0.15) is 0 Å². The number of carbonyl (C=O) groups excluding carboxylic acids is 1. The minimum atomic E-state index is 0.0143. The summed E-state index contributed by atoms with van der Waals surface area (Å²) in [6.07, 6.45) is 6.94. The summed E-state index contributed by atoms with van der Waals surface area (Å²) in [6, 6.07) is 5.90. The molecule has 0 unspecified atom stereocenters. The average Bonchev–Trinajstić information content (AvgIpc) is 3.28. The Balaban J connectivity index is 1.37. The van der Waals surface area contributed by atoms with Gasteiger partial charge >= 0.3 is 0 Å². The number of ketones is 1. The number of para-hydroxylation sites is 1. The van der Waals surface area contributed by atoms with Gasteiger partial charge in [-0.3, -0.25) is 4.79 Å². The summed E-state index contributed by atoms with van der Waals surface area (Å²) in [5.74, 6) is 2.08. The fourth-order valence-electron chi connectivity index (χ4n) is 4.35. The number of ether oxygens (including phenoxy) is 1. The van der Waals surface area contributed by atoms with Gasteiger partial charge in [0.05, 0.1) is 24.9 Å². The topological polar surface area (TPSA) is 122 Å². The van der Waals surface area contributed by atoms with E-state index in [1.54, 1.807) is 12.4 Å². The van der Waals surface area contributed by atoms with E-state index in [0.717, 1.165) is 50.1 Å². The van der Waals surface area contributed by atoms with Gasteiger partial charge < -0.3 is 25.7 Å². The zero-order valence-corrected chi connectivity index (χ0v) is 17.4. The molecule has 4 N–H and O–H groups in total. The summed E-state index contributed by atoms with van der Waals surface area (Å²) in [5, 5.41) is 4.03. The number of nitrogens with one attached hydrogen (secondary N) is 2. The molecule has 1 saturated carbocycles. The summed E-state index contributed by atoms with van der Waals surface area (Å²) in [4.78, 5) is 32.2. The van der Waals surface area contributed by atoms with Gasteiger partial charge in [0.25, 0.3) is 0 Å². The molecule has 0 bridgehead atoms. The molecule has 3 heterocycles. The first-order valence-electron chi connectivity index (χ1n) is 10.9. The van der Waals surface area contributed by atoms with Crippen molar-refractivity contribution in [1.82, 2.24) is 19.9 Å². The number of carbonyl (C=O) groups is 1. The van der Waals surface area contributed by atoms with E-state index in [9.17, 15) is 4.79 Å². The molecule has 31 heavy (non-hydrogen) atoms. The fourth-order valence-corrected chi connectivity index (χ4v) is 4.35. The Labute approximate surface area is 180 Å². The first kappa shape index (κ1) is 19.9. The minimum absolute atomic E-state index is 0.0143. The zero-order chi connectivity index (χ0) is 21.2. The molecule has 162 valence electrons. The molecule has 1 aliphatic heterocycles. The number of aromatic amines is 1. The van der Waals surface area contributed by atoms with Gasteiger partial charge in [0.15, 0.2) is 5.78 Å². The predicted octanol–water partition coefficient (Wildman–Crippen LogP) is 2.63. The van der Waals surface area contributed by atoms with Crippen molar-refractivity contribution in [1.29, 1.82) is 0 Å². The van der Waals surface area contributed by atoms with E-state index >= 15 is 0 Å². The quantitative estimate of drug-likeness (QED) is 0.538. The molecule has 1 aliphatic carbocycles. The lowest BCUT2D eigenvalue weighted by Gasteiger charge is -2.26. The molecular weight excluding hydrogens is 394 g/mol. The van der Waals surface area contributed by atoms with E-state index in [4.69, 9.17) is 10.5 Å². The maximum Gasteiger partial charge on any atom is 0.228 e. The van der Waals surface area contributed by atoms with Crippen LogP contribution in [0.1, 0.15) is 36.0 Å². The molecule has 2 fully saturated rings. The molecule has 9 nitrogen and oxygen atoms in total. The maximum atomic E-state index is 13.2. The smallest absolute Gasteiger partial charge is 0.228 e. The van der Waals surface area contributed by atoms with Crippen LogP contribution < -0.4 is 16.0 Å². The number of nitrogens with zero attached hydrogens (tertiary/aromatic N) is 4. The minimum Gasteiger partial charge on any atom is -0.378 e. The Morgan fingerprint density at radius 1 is 1.13 bits per heavy atom. The molecule has 3 aromatic rings. The van der Waals surface area contributed by atoms with Gasteiger partial charge in [-0.1, -0.05) is 12.1 Å². The lowest BCUT2D eigenvalue weighted by Crippen LogP contribution is -2.36. The van der Waals surface area contributed by atoms with Crippen LogP contribution in [-0.4, -0.2) is 58.1 Å².